The fraction of sp³-hybridized carbons (Fsp3) is 0.462. The molecular weight excluding hydrogens is 462 g/mol. The van der Waals surface area contributed by atoms with Gasteiger partial charge >= 0.3 is 5.51 Å². The molecule has 0 saturated carbocycles. The molecule has 1 rings (SSSR count). The van der Waals surface area contributed by atoms with Crippen molar-refractivity contribution in [3.05, 3.63) is 24.3 Å². The van der Waals surface area contributed by atoms with E-state index in [9.17, 15) is 21.6 Å². The van der Waals surface area contributed by atoms with Gasteiger partial charge in [0.25, 0.3) is 9.84 Å². The minimum atomic E-state index is -5.34. The molecule has 0 aliphatic carbocycles. The zero-order valence-corrected chi connectivity index (χ0v) is 16.0. The number of halogens is 4. The number of benzene rings is 1. The average molecular weight is 481 g/mol. The molecule has 1 aromatic rings. The standard InChI is InChI=1S/C13H18F3N3O3S.HI/c1-2-7-18-12(17)19-8-9-22-10-3-5-11(6-4-10)23(20,21)13(14,15)16;/h3-6H,2,7-9H2,1H3,(H3,17,18,19);1H. The Morgan fingerprint density at radius 1 is 1.29 bits per heavy atom. The Hall–Kier alpha value is -1.24. The second-order valence-corrected chi connectivity index (χ2v) is 6.40. The lowest BCUT2D eigenvalue weighted by atomic mass is 10.3. The fourth-order valence-electron chi connectivity index (χ4n) is 1.48. The predicted octanol–water partition coefficient (Wildman–Crippen LogP) is 2.29. The van der Waals surface area contributed by atoms with E-state index >= 15 is 0 Å². The van der Waals surface area contributed by atoms with Crippen LogP contribution in [0.15, 0.2) is 34.2 Å². The average Bonchev–Trinajstić information content (AvgIpc) is 2.49. The number of sulfone groups is 1. The maximum atomic E-state index is 12.4. The van der Waals surface area contributed by atoms with Crippen molar-refractivity contribution < 1.29 is 26.3 Å². The number of rotatable bonds is 7. The van der Waals surface area contributed by atoms with Gasteiger partial charge in [-0.1, -0.05) is 6.92 Å². The molecule has 0 aliphatic rings. The van der Waals surface area contributed by atoms with Gasteiger partial charge in [-0.3, -0.25) is 4.99 Å². The van der Waals surface area contributed by atoms with Gasteiger partial charge < -0.3 is 15.8 Å². The minimum Gasteiger partial charge on any atom is -0.492 e. The van der Waals surface area contributed by atoms with Crippen molar-refractivity contribution in [1.82, 2.24) is 5.32 Å². The van der Waals surface area contributed by atoms with Crippen LogP contribution in [0, 0.1) is 0 Å². The van der Waals surface area contributed by atoms with Crippen LogP contribution < -0.4 is 15.8 Å². The molecule has 0 bridgehead atoms. The number of hydrogen-bond donors (Lipinski definition) is 2. The topological polar surface area (TPSA) is 93.8 Å². The van der Waals surface area contributed by atoms with Gasteiger partial charge in [0.2, 0.25) is 0 Å². The summed E-state index contributed by atoms with van der Waals surface area (Å²) in [5.74, 6) is 0.527. The minimum absolute atomic E-state index is 0. The Labute approximate surface area is 155 Å². The Bertz CT molecular complexity index is 634. The van der Waals surface area contributed by atoms with Crippen molar-refractivity contribution in [2.45, 2.75) is 23.7 Å². The second-order valence-electron chi connectivity index (χ2n) is 4.46. The van der Waals surface area contributed by atoms with Crippen LogP contribution in [0.5, 0.6) is 5.75 Å². The van der Waals surface area contributed by atoms with Crippen LogP contribution in [0.3, 0.4) is 0 Å². The van der Waals surface area contributed by atoms with E-state index in [4.69, 9.17) is 10.5 Å². The summed E-state index contributed by atoms with van der Waals surface area (Å²) in [5.41, 5.74) is 0.233. The van der Waals surface area contributed by atoms with Crippen molar-refractivity contribution >= 4 is 39.8 Å². The van der Waals surface area contributed by atoms with Gasteiger partial charge in [-0.2, -0.15) is 13.2 Å². The summed E-state index contributed by atoms with van der Waals surface area (Å²) in [6.07, 6.45) is 0.867. The van der Waals surface area contributed by atoms with Gasteiger partial charge in [-0.25, -0.2) is 8.42 Å². The first-order valence-electron chi connectivity index (χ1n) is 6.76. The number of guanidine groups is 1. The summed E-state index contributed by atoms with van der Waals surface area (Å²) >= 11 is 0. The van der Waals surface area contributed by atoms with Crippen molar-refractivity contribution in [1.29, 1.82) is 0 Å². The van der Waals surface area contributed by atoms with Gasteiger partial charge in [0.1, 0.15) is 12.4 Å². The van der Waals surface area contributed by atoms with E-state index in [2.05, 4.69) is 10.3 Å². The van der Waals surface area contributed by atoms with Crippen LogP contribution in [-0.2, 0) is 9.84 Å². The number of aliphatic imine (C=N–C) groups is 1. The molecule has 0 atom stereocenters. The van der Waals surface area contributed by atoms with Crippen molar-refractivity contribution in [3.63, 3.8) is 0 Å². The Morgan fingerprint density at radius 2 is 1.88 bits per heavy atom. The predicted molar refractivity (Wildman–Crippen MR) is 95.4 cm³/mol. The smallest absolute Gasteiger partial charge is 0.492 e. The maximum Gasteiger partial charge on any atom is 0.501 e. The van der Waals surface area contributed by atoms with E-state index in [-0.39, 0.29) is 42.3 Å². The Balaban J connectivity index is 0.00000529. The van der Waals surface area contributed by atoms with E-state index in [0.717, 1.165) is 30.7 Å². The van der Waals surface area contributed by atoms with E-state index in [1.807, 2.05) is 6.92 Å². The third kappa shape index (κ3) is 6.71. The van der Waals surface area contributed by atoms with Crippen LogP contribution in [0.2, 0.25) is 0 Å². The first-order chi connectivity index (χ1) is 10.7. The Kier molecular flexibility index (Phi) is 9.40. The summed E-state index contributed by atoms with van der Waals surface area (Å²) in [6.45, 7) is 3.10. The highest BCUT2D eigenvalue weighted by Gasteiger charge is 2.46. The van der Waals surface area contributed by atoms with E-state index in [1.165, 1.54) is 0 Å². The lowest BCUT2D eigenvalue weighted by Crippen LogP contribution is -2.34. The fourth-order valence-corrected chi connectivity index (χ4v) is 2.25. The zero-order chi connectivity index (χ0) is 17.5. The summed E-state index contributed by atoms with van der Waals surface area (Å²) < 4.78 is 64.8. The van der Waals surface area contributed by atoms with Gasteiger partial charge in [0.15, 0.2) is 5.96 Å². The van der Waals surface area contributed by atoms with Crippen LogP contribution in [-0.4, -0.2) is 39.6 Å². The molecule has 0 fully saturated rings. The number of alkyl halides is 3. The third-order valence-electron chi connectivity index (χ3n) is 2.62. The molecule has 24 heavy (non-hydrogen) atoms. The zero-order valence-electron chi connectivity index (χ0n) is 12.8. The van der Waals surface area contributed by atoms with Crippen LogP contribution in [0.1, 0.15) is 13.3 Å². The number of nitrogens with zero attached hydrogens (tertiary/aromatic N) is 1. The van der Waals surface area contributed by atoms with Gasteiger partial charge in [0, 0.05) is 6.54 Å². The lowest BCUT2D eigenvalue weighted by molar-refractivity contribution is -0.0436. The third-order valence-corrected chi connectivity index (χ3v) is 4.12. The molecule has 0 aliphatic heterocycles. The van der Waals surface area contributed by atoms with Crippen molar-refractivity contribution in [3.8, 4) is 5.75 Å². The summed E-state index contributed by atoms with van der Waals surface area (Å²) in [6, 6.07) is 4.02. The molecule has 6 nitrogen and oxygen atoms in total. The molecule has 0 amide bonds. The molecule has 0 saturated heterocycles. The number of ether oxygens (including phenoxy) is 1. The normalized spacial score (nSPS) is 12.4. The van der Waals surface area contributed by atoms with E-state index in [1.54, 1.807) is 0 Å². The SMILES string of the molecule is CCCN=C(N)NCCOc1ccc(S(=O)(=O)C(F)(F)F)cc1.I. The first kappa shape index (κ1) is 22.8. The molecule has 3 N–H and O–H groups in total. The Morgan fingerprint density at radius 3 is 2.38 bits per heavy atom. The van der Waals surface area contributed by atoms with E-state index < -0.39 is 20.2 Å². The largest absolute Gasteiger partial charge is 0.501 e. The van der Waals surface area contributed by atoms with Crippen molar-refractivity contribution in [2.75, 3.05) is 19.7 Å². The highest BCUT2D eigenvalue weighted by molar-refractivity contribution is 14.0. The number of nitrogens with one attached hydrogen (secondary N) is 1. The molecule has 0 spiro atoms. The monoisotopic (exact) mass is 481 g/mol. The molecule has 138 valence electrons. The molecule has 0 radical (unpaired) electrons. The van der Waals surface area contributed by atoms with E-state index in [0.29, 0.717) is 13.1 Å². The highest BCUT2D eigenvalue weighted by Crippen LogP contribution is 2.30. The lowest BCUT2D eigenvalue weighted by Gasteiger charge is -2.10. The molecule has 0 unspecified atom stereocenters. The second kappa shape index (κ2) is 9.91. The molecule has 1 aromatic carbocycles. The van der Waals surface area contributed by atoms with Crippen molar-refractivity contribution in [2.24, 2.45) is 10.7 Å². The van der Waals surface area contributed by atoms with Gasteiger partial charge in [-0.15, -0.1) is 24.0 Å². The molecular formula is C13H19F3IN3O3S. The number of nitrogens with two attached hydrogens (primary N) is 1. The molecule has 0 aromatic heterocycles. The highest BCUT2D eigenvalue weighted by atomic mass is 127. The summed E-state index contributed by atoms with van der Waals surface area (Å²) in [4.78, 5) is 3.18. The maximum absolute atomic E-state index is 12.4. The van der Waals surface area contributed by atoms with Crippen LogP contribution in [0.25, 0.3) is 0 Å². The van der Waals surface area contributed by atoms with Gasteiger partial charge in [0.05, 0.1) is 11.4 Å². The summed E-state index contributed by atoms with van der Waals surface area (Å²) in [5, 5.41) is 2.80. The molecule has 11 heteroatoms. The van der Waals surface area contributed by atoms with Crippen LogP contribution >= 0.6 is 24.0 Å². The first-order valence-corrected chi connectivity index (χ1v) is 8.25. The quantitative estimate of drug-likeness (QED) is 0.270. The van der Waals surface area contributed by atoms with Crippen LogP contribution in [0.4, 0.5) is 13.2 Å². The van der Waals surface area contributed by atoms with Gasteiger partial charge in [-0.05, 0) is 30.7 Å². The summed E-state index contributed by atoms with van der Waals surface area (Å²) in [7, 11) is -5.34. The number of hydrogen-bond acceptors (Lipinski definition) is 4. The molecule has 0 heterocycles.